The molecule has 1 amide bonds. The molecule has 118 valence electrons. The van der Waals surface area contributed by atoms with Crippen LogP contribution in [0, 0.1) is 5.82 Å². The number of carbonyl (C=O) groups is 1. The molecule has 0 heterocycles. The van der Waals surface area contributed by atoms with Gasteiger partial charge in [0, 0.05) is 7.05 Å². The maximum absolute atomic E-state index is 14.4. The van der Waals surface area contributed by atoms with Crippen molar-refractivity contribution in [2.24, 2.45) is 0 Å². The summed E-state index contributed by atoms with van der Waals surface area (Å²) in [5, 5.41) is 9.67. The Morgan fingerprint density at radius 2 is 1.71 bits per heavy atom. The molecule has 1 aromatic rings. The van der Waals surface area contributed by atoms with Crippen molar-refractivity contribution in [2.45, 2.75) is 17.9 Å². The highest BCUT2D eigenvalue weighted by Crippen LogP contribution is 2.44. The van der Waals surface area contributed by atoms with Crippen LogP contribution in [0.25, 0.3) is 0 Å². The van der Waals surface area contributed by atoms with E-state index in [1.165, 1.54) is 0 Å². The first kappa shape index (κ1) is 17.3. The van der Waals surface area contributed by atoms with Gasteiger partial charge in [0.25, 0.3) is 5.91 Å². The smallest absolute Gasteiger partial charge is 0.384 e. The summed E-state index contributed by atoms with van der Waals surface area (Å²) < 4.78 is 66.0. The fourth-order valence-electron chi connectivity index (χ4n) is 1.58. The van der Waals surface area contributed by atoms with Crippen LogP contribution in [0.1, 0.15) is 11.7 Å². The molecule has 0 fully saturated rings. The molecular formula is C12H12F5NO3. The maximum atomic E-state index is 14.4. The summed E-state index contributed by atoms with van der Waals surface area (Å²) in [5.41, 5.74) is -5.23. The van der Waals surface area contributed by atoms with Crippen molar-refractivity contribution < 1.29 is 36.7 Å². The highest BCUT2D eigenvalue weighted by Gasteiger charge is 2.67. The average Bonchev–Trinajstić information content (AvgIpc) is 2.43. The zero-order valence-electron chi connectivity index (χ0n) is 11.0. The van der Waals surface area contributed by atoms with Gasteiger partial charge < -0.3 is 5.11 Å². The summed E-state index contributed by atoms with van der Waals surface area (Å²) in [6.45, 7) is 0. The third-order valence-corrected chi connectivity index (χ3v) is 2.85. The van der Waals surface area contributed by atoms with Gasteiger partial charge in [0.1, 0.15) is 11.9 Å². The van der Waals surface area contributed by atoms with Crippen molar-refractivity contribution in [3.63, 3.8) is 0 Å². The molecule has 0 aliphatic carbocycles. The average molecular weight is 313 g/mol. The molecule has 2 atom stereocenters. The van der Waals surface area contributed by atoms with Crippen LogP contribution in [0.4, 0.5) is 22.0 Å². The molecule has 0 radical (unpaired) electrons. The van der Waals surface area contributed by atoms with Crippen LogP contribution in [0.15, 0.2) is 24.3 Å². The van der Waals surface area contributed by atoms with Crippen molar-refractivity contribution in [3.05, 3.63) is 35.6 Å². The summed E-state index contributed by atoms with van der Waals surface area (Å²) in [4.78, 5) is 15.8. The van der Waals surface area contributed by atoms with Crippen LogP contribution in [0.2, 0.25) is 0 Å². The van der Waals surface area contributed by atoms with Gasteiger partial charge in [0.05, 0.1) is 7.11 Å². The molecule has 9 heteroatoms. The Morgan fingerprint density at radius 1 is 1.24 bits per heavy atom. The molecule has 1 rings (SSSR count). The molecular weight excluding hydrogens is 301 g/mol. The number of hydrogen-bond acceptors (Lipinski definition) is 3. The van der Waals surface area contributed by atoms with Crippen molar-refractivity contribution in [1.82, 2.24) is 5.06 Å². The Morgan fingerprint density at radius 3 is 2.10 bits per heavy atom. The van der Waals surface area contributed by atoms with Gasteiger partial charge in [0.15, 0.2) is 0 Å². The van der Waals surface area contributed by atoms with Gasteiger partial charge >= 0.3 is 11.8 Å². The summed E-state index contributed by atoms with van der Waals surface area (Å²) in [6, 6.07) is 2.97. The SMILES string of the molecule is CON(C)C(=O)[C@](F)([C@@H](O)c1ccc(F)cc1)C(F)(F)F. The number of halogens is 5. The molecule has 4 nitrogen and oxygen atoms in total. The predicted octanol–water partition coefficient (Wildman–Crippen LogP) is 2.15. The third-order valence-electron chi connectivity index (χ3n) is 2.85. The quantitative estimate of drug-likeness (QED) is 0.684. The van der Waals surface area contributed by atoms with E-state index in [-0.39, 0.29) is 5.06 Å². The van der Waals surface area contributed by atoms with E-state index in [4.69, 9.17) is 0 Å². The molecule has 0 bridgehead atoms. The molecule has 0 saturated heterocycles. The van der Waals surface area contributed by atoms with Crippen LogP contribution in [-0.4, -0.2) is 42.1 Å². The fourth-order valence-corrected chi connectivity index (χ4v) is 1.58. The molecule has 1 N–H and O–H groups in total. The van der Waals surface area contributed by atoms with Gasteiger partial charge in [-0.1, -0.05) is 12.1 Å². The molecule has 0 aliphatic rings. The van der Waals surface area contributed by atoms with E-state index in [1.54, 1.807) is 0 Å². The number of hydrogen-bond donors (Lipinski definition) is 1. The minimum atomic E-state index is -5.70. The zero-order chi connectivity index (χ0) is 16.4. The molecule has 0 aliphatic heterocycles. The largest absolute Gasteiger partial charge is 0.434 e. The highest BCUT2D eigenvalue weighted by atomic mass is 19.4. The minimum absolute atomic E-state index is 0.0141. The second kappa shape index (κ2) is 5.94. The monoisotopic (exact) mass is 313 g/mol. The van der Waals surface area contributed by atoms with Crippen molar-refractivity contribution >= 4 is 5.91 Å². The molecule has 21 heavy (non-hydrogen) atoms. The van der Waals surface area contributed by atoms with Gasteiger partial charge in [0.2, 0.25) is 0 Å². The molecule has 1 aromatic carbocycles. The lowest BCUT2D eigenvalue weighted by atomic mass is 9.91. The molecule has 0 saturated carbocycles. The Labute approximate surface area is 116 Å². The van der Waals surface area contributed by atoms with Crippen molar-refractivity contribution in [2.75, 3.05) is 14.2 Å². The Balaban J connectivity index is 3.31. The Bertz CT molecular complexity index is 505. The number of amides is 1. The van der Waals surface area contributed by atoms with Crippen LogP contribution in [-0.2, 0) is 9.63 Å². The first-order valence-electron chi connectivity index (χ1n) is 5.57. The van der Waals surface area contributed by atoms with Gasteiger partial charge in [-0.05, 0) is 17.7 Å². The number of rotatable bonds is 4. The van der Waals surface area contributed by atoms with Crippen LogP contribution in [0.5, 0.6) is 0 Å². The number of nitrogens with zero attached hydrogens (tertiary/aromatic N) is 1. The van der Waals surface area contributed by atoms with Crippen LogP contribution >= 0.6 is 0 Å². The van der Waals surface area contributed by atoms with Crippen LogP contribution in [0.3, 0.4) is 0 Å². The van der Waals surface area contributed by atoms with E-state index in [1.807, 2.05) is 0 Å². The third kappa shape index (κ3) is 3.13. The van der Waals surface area contributed by atoms with Crippen LogP contribution < -0.4 is 0 Å². The molecule has 0 spiro atoms. The maximum Gasteiger partial charge on any atom is 0.434 e. The lowest BCUT2D eigenvalue weighted by Crippen LogP contribution is -2.57. The van der Waals surface area contributed by atoms with E-state index in [0.29, 0.717) is 0 Å². The highest BCUT2D eigenvalue weighted by molar-refractivity contribution is 5.86. The van der Waals surface area contributed by atoms with Gasteiger partial charge in [-0.3, -0.25) is 9.63 Å². The van der Waals surface area contributed by atoms with Gasteiger partial charge in [-0.15, -0.1) is 0 Å². The Kier molecular flexibility index (Phi) is 4.90. The molecule has 0 aromatic heterocycles. The Hall–Kier alpha value is -1.74. The number of aliphatic hydroxyl groups is 1. The number of benzene rings is 1. The van der Waals surface area contributed by atoms with E-state index >= 15 is 0 Å². The second-order valence-electron chi connectivity index (χ2n) is 4.15. The second-order valence-corrected chi connectivity index (χ2v) is 4.15. The van der Waals surface area contributed by atoms with E-state index < -0.39 is 35.2 Å². The summed E-state index contributed by atoms with van der Waals surface area (Å²) in [5.74, 6) is -2.92. The van der Waals surface area contributed by atoms with Gasteiger partial charge in [-0.25, -0.2) is 13.8 Å². The number of hydroxylamine groups is 2. The van der Waals surface area contributed by atoms with E-state index in [9.17, 15) is 31.9 Å². The summed E-state index contributed by atoms with van der Waals surface area (Å²) >= 11 is 0. The number of carbonyl (C=O) groups excluding carboxylic acids is 1. The predicted molar refractivity (Wildman–Crippen MR) is 61.0 cm³/mol. The first-order chi connectivity index (χ1) is 9.55. The summed E-state index contributed by atoms with van der Waals surface area (Å²) in [7, 11) is 1.62. The molecule has 0 unspecified atom stereocenters. The van der Waals surface area contributed by atoms with Crippen molar-refractivity contribution in [1.29, 1.82) is 0 Å². The first-order valence-corrected chi connectivity index (χ1v) is 5.57. The number of alkyl halides is 4. The van der Waals surface area contributed by atoms with E-state index in [0.717, 1.165) is 38.4 Å². The van der Waals surface area contributed by atoms with E-state index in [2.05, 4.69) is 4.84 Å². The standard InChI is InChI=1S/C12H12F5NO3/c1-18(21-2)10(20)11(14,12(15,16)17)9(19)7-3-5-8(13)6-4-7/h3-6,9,19H,1-2H3/t9-,11+/m0/s1. The number of aliphatic hydroxyl groups excluding tert-OH is 1. The fraction of sp³-hybridized carbons (Fsp3) is 0.417. The lowest BCUT2D eigenvalue weighted by molar-refractivity contribution is -0.269. The van der Waals surface area contributed by atoms with Gasteiger partial charge in [-0.2, -0.15) is 13.2 Å². The minimum Gasteiger partial charge on any atom is -0.384 e. The normalized spacial score (nSPS) is 16.2. The topological polar surface area (TPSA) is 49.8 Å². The zero-order valence-corrected chi connectivity index (χ0v) is 11.0. The summed E-state index contributed by atoms with van der Waals surface area (Å²) in [6.07, 6.45) is -8.58. The lowest BCUT2D eigenvalue weighted by Gasteiger charge is -2.33. The van der Waals surface area contributed by atoms with Crippen molar-refractivity contribution in [3.8, 4) is 0 Å².